The van der Waals surface area contributed by atoms with Gasteiger partial charge in [-0.2, -0.15) is 5.26 Å². The zero-order chi connectivity index (χ0) is 15.7. The number of ether oxygens (including phenoxy) is 1. The molecule has 4 heteroatoms. The van der Waals surface area contributed by atoms with Crippen LogP contribution in [0.15, 0.2) is 30.3 Å². The predicted octanol–water partition coefficient (Wildman–Crippen LogP) is 2.50. The van der Waals surface area contributed by atoms with Crippen molar-refractivity contribution in [1.29, 1.82) is 5.26 Å². The van der Waals surface area contributed by atoms with Crippen molar-refractivity contribution in [3.05, 3.63) is 35.9 Å². The van der Waals surface area contributed by atoms with E-state index in [1.165, 1.54) is 0 Å². The molecule has 0 aliphatic heterocycles. The molecule has 4 nitrogen and oxygen atoms in total. The number of methoxy groups -OCH3 is 1. The van der Waals surface area contributed by atoms with E-state index in [4.69, 9.17) is 10.5 Å². The zero-order valence-electron chi connectivity index (χ0n) is 13.4. The standard InChI is InChI=1S/C17H27N3O/c1-4-15(2)20(12-13-21-3)11-10-17(19,14-18)16-8-6-5-7-9-16/h5-9,15H,4,10-13,19H2,1-3H3. The average Bonchev–Trinajstić information content (AvgIpc) is 2.54. The summed E-state index contributed by atoms with van der Waals surface area (Å²) in [5, 5.41) is 9.51. The molecule has 0 aliphatic carbocycles. The van der Waals surface area contributed by atoms with Crippen LogP contribution >= 0.6 is 0 Å². The van der Waals surface area contributed by atoms with Gasteiger partial charge in [0, 0.05) is 26.2 Å². The smallest absolute Gasteiger partial charge is 0.131 e. The molecule has 21 heavy (non-hydrogen) atoms. The summed E-state index contributed by atoms with van der Waals surface area (Å²) >= 11 is 0. The molecule has 0 saturated carbocycles. The number of hydrogen-bond acceptors (Lipinski definition) is 4. The van der Waals surface area contributed by atoms with E-state index in [0.29, 0.717) is 19.1 Å². The molecular formula is C17H27N3O. The first-order valence-corrected chi connectivity index (χ1v) is 7.56. The molecule has 0 aromatic heterocycles. The van der Waals surface area contributed by atoms with Crippen molar-refractivity contribution in [2.45, 2.75) is 38.3 Å². The fourth-order valence-electron chi connectivity index (χ4n) is 2.34. The van der Waals surface area contributed by atoms with Crippen LogP contribution in [0.25, 0.3) is 0 Å². The van der Waals surface area contributed by atoms with Crippen molar-refractivity contribution in [2.75, 3.05) is 26.8 Å². The Morgan fingerprint density at radius 3 is 2.52 bits per heavy atom. The summed E-state index contributed by atoms with van der Waals surface area (Å²) in [4.78, 5) is 2.34. The lowest BCUT2D eigenvalue weighted by molar-refractivity contribution is 0.118. The lowest BCUT2D eigenvalue weighted by atomic mass is 9.89. The van der Waals surface area contributed by atoms with Crippen LogP contribution in [-0.4, -0.2) is 37.7 Å². The van der Waals surface area contributed by atoms with Crippen LogP contribution in [0.2, 0.25) is 0 Å². The number of nitriles is 1. The molecule has 1 aromatic rings. The third-order valence-corrected chi connectivity index (χ3v) is 4.08. The fraction of sp³-hybridized carbons (Fsp3) is 0.588. The van der Waals surface area contributed by atoms with Gasteiger partial charge in [-0.05, 0) is 25.3 Å². The van der Waals surface area contributed by atoms with Gasteiger partial charge in [-0.3, -0.25) is 4.90 Å². The van der Waals surface area contributed by atoms with E-state index in [1.54, 1.807) is 7.11 Å². The molecule has 0 amide bonds. The molecule has 1 aromatic carbocycles. The first kappa shape index (κ1) is 17.6. The monoisotopic (exact) mass is 289 g/mol. The van der Waals surface area contributed by atoms with Gasteiger partial charge < -0.3 is 10.5 Å². The van der Waals surface area contributed by atoms with Crippen LogP contribution in [0, 0.1) is 11.3 Å². The van der Waals surface area contributed by atoms with Gasteiger partial charge in [-0.1, -0.05) is 37.3 Å². The van der Waals surface area contributed by atoms with Gasteiger partial charge in [0.15, 0.2) is 0 Å². The lowest BCUT2D eigenvalue weighted by Gasteiger charge is -2.31. The van der Waals surface area contributed by atoms with Gasteiger partial charge in [0.1, 0.15) is 5.54 Å². The quantitative estimate of drug-likeness (QED) is 0.758. The highest BCUT2D eigenvalue weighted by Crippen LogP contribution is 2.22. The Morgan fingerprint density at radius 1 is 1.33 bits per heavy atom. The van der Waals surface area contributed by atoms with E-state index in [1.807, 2.05) is 30.3 Å². The van der Waals surface area contributed by atoms with Crippen LogP contribution in [-0.2, 0) is 10.3 Å². The minimum atomic E-state index is -0.931. The fourth-order valence-corrected chi connectivity index (χ4v) is 2.34. The van der Waals surface area contributed by atoms with Crippen LogP contribution in [0.4, 0.5) is 0 Å². The normalized spacial score (nSPS) is 15.4. The van der Waals surface area contributed by atoms with Crippen molar-refractivity contribution in [3.8, 4) is 6.07 Å². The maximum Gasteiger partial charge on any atom is 0.131 e. The molecule has 0 radical (unpaired) electrons. The van der Waals surface area contributed by atoms with Crippen molar-refractivity contribution < 1.29 is 4.74 Å². The van der Waals surface area contributed by atoms with Gasteiger partial charge in [0.2, 0.25) is 0 Å². The summed E-state index contributed by atoms with van der Waals surface area (Å²) in [6, 6.07) is 12.4. The first-order valence-electron chi connectivity index (χ1n) is 7.56. The summed E-state index contributed by atoms with van der Waals surface area (Å²) in [6.07, 6.45) is 1.68. The lowest BCUT2D eigenvalue weighted by Crippen LogP contribution is -2.42. The summed E-state index contributed by atoms with van der Waals surface area (Å²) in [7, 11) is 1.71. The highest BCUT2D eigenvalue weighted by molar-refractivity contribution is 5.30. The molecule has 116 valence electrons. The van der Waals surface area contributed by atoms with Crippen molar-refractivity contribution in [2.24, 2.45) is 5.73 Å². The van der Waals surface area contributed by atoms with Crippen LogP contribution < -0.4 is 5.73 Å². The molecule has 0 bridgehead atoms. The number of nitrogens with zero attached hydrogens (tertiary/aromatic N) is 2. The maximum atomic E-state index is 9.51. The molecule has 0 heterocycles. The molecule has 0 aliphatic rings. The van der Waals surface area contributed by atoms with Gasteiger partial charge in [-0.25, -0.2) is 0 Å². The average molecular weight is 289 g/mol. The molecule has 0 fully saturated rings. The number of benzene rings is 1. The molecule has 2 atom stereocenters. The Kier molecular flexibility index (Phi) is 7.38. The van der Waals surface area contributed by atoms with Gasteiger partial charge >= 0.3 is 0 Å². The van der Waals surface area contributed by atoms with E-state index in [9.17, 15) is 5.26 Å². The number of hydrogen-bond donors (Lipinski definition) is 1. The Hall–Kier alpha value is -1.41. The second-order valence-corrected chi connectivity index (χ2v) is 5.49. The first-order chi connectivity index (χ1) is 10.1. The molecule has 1 rings (SSSR count). The van der Waals surface area contributed by atoms with Gasteiger partial charge in [0.05, 0.1) is 12.7 Å². The minimum absolute atomic E-state index is 0.457. The summed E-state index contributed by atoms with van der Waals surface area (Å²) in [6.45, 7) is 6.71. The van der Waals surface area contributed by atoms with Crippen molar-refractivity contribution in [3.63, 3.8) is 0 Å². The van der Waals surface area contributed by atoms with E-state index >= 15 is 0 Å². The molecule has 2 unspecified atom stereocenters. The Bertz CT molecular complexity index is 443. The summed E-state index contributed by atoms with van der Waals surface area (Å²) < 4.78 is 5.17. The van der Waals surface area contributed by atoms with Gasteiger partial charge in [0.25, 0.3) is 0 Å². The topological polar surface area (TPSA) is 62.3 Å². The second kappa shape index (κ2) is 8.78. The Morgan fingerprint density at radius 2 is 2.00 bits per heavy atom. The SMILES string of the molecule is CCC(C)N(CCOC)CCC(N)(C#N)c1ccccc1. The molecule has 0 saturated heterocycles. The highest BCUT2D eigenvalue weighted by atomic mass is 16.5. The maximum absolute atomic E-state index is 9.51. The minimum Gasteiger partial charge on any atom is -0.383 e. The largest absolute Gasteiger partial charge is 0.383 e. The van der Waals surface area contributed by atoms with E-state index in [-0.39, 0.29) is 0 Å². The molecule has 2 N–H and O–H groups in total. The van der Waals surface area contributed by atoms with Gasteiger partial charge in [-0.15, -0.1) is 0 Å². The predicted molar refractivity (Wildman–Crippen MR) is 85.7 cm³/mol. The third-order valence-electron chi connectivity index (χ3n) is 4.08. The highest BCUT2D eigenvalue weighted by Gasteiger charge is 2.28. The van der Waals surface area contributed by atoms with Crippen LogP contribution in [0.3, 0.4) is 0 Å². The van der Waals surface area contributed by atoms with E-state index in [0.717, 1.165) is 25.1 Å². The second-order valence-electron chi connectivity index (χ2n) is 5.49. The summed E-state index contributed by atoms with van der Waals surface area (Å²) in [5.41, 5.74) is 6.27. The van der Waals surface area contributed by atoms with E-state index in [2.05, 4.69) is 24.8 Å². The van der Waals surface area contributed by atoms with Crippen molar-refractivity contribution in [1.82, 2.24) is 4.90 Å². The van der Waals surface area contributed by atoms with Crippen molar-refractivity contribution >= 4 is 0 Å². The Balaban J connectivity index is 2.74. The number of rotatable bonds is 9. The summed E-state index contributed by atoms with van der Waals surface area (Å²) in [5.74, 6) is 0. The van der Waals surface area contributed by atoms with E-state index < -0.39 is 5.54 Å². The third kappa shape index (κ3) is 5.13. The molecule has 0 spiro atoms. The molecular weight excluding hydrogens is 262 g/mol. The van der Waals surface area contributed by atoms with Crippen LogP contribution in [0.5, 0.6) is 0 Å². The van der Waals surface area contributed by atoms with Crippen LogP contribution in [0.1, 0.15) is 32.3 Å². The Labute approximate surface area is 128 Å². The zero-order valence-corrected chi connectivity index (χ0v) is 13.4. The number of nitrogens with two attached hydrogens (primary N) is 1.